The van der Waals surface area contributed by atoms with E-state index in [4.69, 9.17) is 27.9 Å². The largest absolute Gasteiger partial charge is 0.493 e. The first-order valence-electron chi connectivity index (χ1n) is 11.3. The molecular formula is C25H29Cl2FN2O2S. The van der Waals surface area contributed by atoms with Gasteiger partial charge in [-0.1, -0.05) is 35.1 Å². The fourth-order valence-electron chi connectivity index (χ4n) is 4.47. The third kappa shape index (κ3) is 6.16. The van der Waals surface area contributed by atoms with Crippen LogP contribution in [0.4, 0.5) is 4.39 Å². The van der Waals surface area contributed by atoms with E-state index in [-0.39, 0.29) is 11.6 Å². The van der Waals surface area contributed by atoms with Gasteiger partial charge in [-0.2, -0.15) is 0 Å². The van der Waals surface area contributed by atoms with Crippen molar-refractivity contribution in [3.63, 3.8) is 0 Å². The monoisotopic (exact) mass is 510 g/mol. The summed E-state index contributed by atoms with van der Waals surface area (Å²) in [5.74, 6) is 0.403. The molecule has 0 bridgehead atoms. The average Bonchev–Trinajstić information content (AvgIpc) is 3.62. The van der Waals surface area contributed by atoms with Crippen molar-refractivity contribution in [2.24, 2.45) is 5.92 Å². The quantitative estimate of drug-likeness (QED) is 0.393. The molecule has 4 rings (SSSR count). The number of rotatable bonds is 8. The molecule has 0 spiro atoms. The maximum absolute atomic E-state index is 14.6. The number of amides is 1. The molecule has 0 unspecified atom stereocenters. The number of piperidine rings is 1. The Bertz CT molecular complexity index is 990. The second kappa shape index (κ2) is 10.9. The van der Waals surface area contributed by atoms with E-state index in [1.807, 2.05) is 12.1 Å². The highest BCUT2D eigenvalue weighted by Crippen LogP contribution is 2.45. The summed E-state index contributed by atoms with van der Waals surface area (Å²) in [6.45, 7) is 4.65. The third-order valence-corrected chi connectivity index (χ3v) is 7.42. The standard InChI is InChI=1S/C25H29Cl2FN2O2S/c1-15(18-9-19(26)11-20(27)10-18)30-7-5-16(6-8-30)14-32-24-13-23(28)22(25(31)29-33-2)12-21(24)17-3-4-17/h9-13,15-17H,3-8,14H2,1-2H3,(H,29,31)/t15-/m1/s1. The number of nitrogens with zero attached hydrogens (tertiary/aromatic N) is 1. The minimum absolute atomic E-state index is 0.0852. The zero-order valence-electron chi connectivity index (χ0n) is 18.9. The van der Waals surface area contributed by atoms with Gasteiger partial charge in [-0.25, -0.2) is 4.39 Å². The molecule has 2 aliphatic rings. The Kier molecular flexibility index (Phi) is 8.11. The van der Waals surface area contributed by atoms with Crippen molar-refractivity contribution < 1.29 is 13.9 Å². The van der Waals surface area contributed by atoms with Crippen LogP contribution < -0.4 is 9.46 Å². The second-order valence-corrected chi connectivity index (χ2v) is 10.4. The van der Waals surface area contributed by atoms with Crippen molar-refractivity contribution in [2.75, 3.05) is 26.0 Å². The van der Waals surface area contributed by atoms with E-state index >= 15 is 0 Å². The highest BCUT2D eigenvalue weighted by atomic mass is 35.5. The molecule has 1 atom stereocenters. The molecule has 1 saturated carbocycles. The summed E-state index contributed by atoms with van der Waals surface area (Å²) >= 11 is 13.5. The molecule has 1 saturated heterocycles. The van der Waals surface area contributed by atoms with E-state index in [9.17, 15) is 9.18 Å². The van der Waals surface area contributed by atoms with Crippen LogP contribution >= 0.6 is 35.1 Å². The van der Waals surface area contributed by atoms with Gasteiger partial charge in [-0.05, 0) is 92.9 Å². The first kappa shape index (κ1) is 24.6. The van der Waals surface area contributed by atoms with Crippen LogP contribution in [0.2, 0.25) is 10.0 Å². The van der Waals surface area contributed by atoms with Gasteiger partial charge in [0, 0.05) is 28.4 Å². The van der Waals surface area contributed by atoms with Crippen LogP contribution in [0.3, 0.4) is 0 Å². The molecule has 2 aromatic rings. The van der Waals surface area contributed by atoms with Crippen molar-refractivity contribution in [1.82, 2.24) is 9.62 Å². The van der Waals surface area contributed by atoms with E-state index in [0.29, 0.717) is 34.2 Å². The summed E-state index contributed by atoms with van der Waals surface area (Å²) in [6.07, 6.45) is 5.86. The molecule has 2 aromatic carbocycles. The van der Waals surface area contributed by atoms with Gasteiger partial charge >= 0.3 is 0 Å². The first-order chi connectivity index (χ1) is 15.9. The lowest BCUT2D eigenvalue weighted by Crippen LogP contribution is -2.37. The third-order valence-electron chi connectivity index (χ3n) is 6.59. The molecule has 1 N–H and O–H groups in total. The van der Waals surface area contributed by atoms with Crippen LogP contribution in [0, 0.1) is 11.7 Å². The van der Waals surface area contributed by atoms with Crippen molar-refractivity contribution in [1.29, 1.82) is 0 Å². The number of carbonyl (C=O) groups is 1. The number of nitrogens with one attached hydrogen (secondary N) is 1. The van der Waals surface area contributed by atoms with Crippen molar-refractivity contribution in [3.8, 4) is 5.75 Å². The summed E-state index contributed by atoms with van der Waals surface area (Å²) in [6, 6.07) is 9.01. The van der Waals surface area contributed by atoms with E-state index in [0.717, 1.165) is 61.8 Å². The molecule has 0 radical (unpaired) electrons. The van der Waals surface area contributed by atoms with Gasteiger partial charge in [0.25, 0.3) is 5.91 Å². The predicted molar refractivity (Wildman–Crippen MR) is 134 cm³/mol. The summed E-state index contributed by atoms with van der Waals surface area (Å²) < 4.78 is 23.4. The average molecular weight is 511 g/mol. The van der Waals surface area contributed by atoms with E-state index in [2.05, 4.69) is 16.5 Å². The van der Waals surface area contributed by atoms with Gasteiger partial charge in [0.1, 0.15) is 11.6 Å². The van der Waals surface area contributed by atoms with Crippen molar-refractivity contribution >= 4 is 41.1 Å². The smallest absolute Gasteiger partial charge is 0.264 e. The second-order valence-electron chi connectivity index (χ2n) is 8.95. The number of carbonyl (C=O) groups excluding carboxylic acids is 1. The lowest BCUT2D eigenvalue weighted by molar-refractivity contribution is 0.0980. The highest BCUT2D eigenvalue weighted by molar-refractivity contribution is 7.97. The van der Waals surface area contributed by atoms with Crippen LogP contribution in [0.1, 0.15) is 66.1 Å². The minimum Gasteiger partial charge on any atom is -0.493 e. The fourth-order valence-corrected chi connectivity index (χ4v) is 5.31. The number of halogens is 3. The van der Waals surface area contributed by atoms with Crippen LogP contribution in [0.15, 0.2) is 30.3 Å². The molecule has 178 valence electrons. The molecule has 0 aromatic heterocycles. The van der Waals surface area contributed by atoms with Gasteiger partial charge in [-0.3, -0.25) is 14.4 Å². The molecule has 1 aliphatic heterocycles. The SMILES string of the molecule is CSNC(=O)c1cc(C2CC2)c(OCC2CCN([C@H](C)c3cc(Cl)cc(Cl)c3)CC2)cc1F. The number of benzene rings is 2. The molecule has 33 heavy (non-hydrogen) atoms. The lowest BCUT2D eigenvalue weighted by atomic mass is 9.95. The van der Waals surface area contributed by atoms with Gasteiger partial charge in [0.05, 0.1) is 12.2 Å². The molecular weight excluding hydrogens is 482 g/mol. The summed E-state index contributed by atoms with van der Waals surface area (Å²) in [7, 11) is 0. The van der Waals surface area contributed by atoms with Crippen LogP contribution in [0.25, 0.3) is 0 Å². The van der Waals surface area contributed by atoms with E-state index in [1.54, 1.807) is 18.4 Å². The predicted octanol–water partition coefficient (Wildman–Crippen LogP) is 6.87. The zero-order valence-corrected chi connectivity index (χ0v) is 21.2. The van der Waals surface area contributed by atoms with E-state index < -0.39 is 11.7 Å². The van der Waals surface area contributed by atoms with Gasteiger partial charge in [0.2, 0.25) is 0 Å². The molecule has 4 nitrogen and oxygen atoms in total. The summed E-state index contributed by atoms with van der Waals surface area (Å²) in [4.78, 5) is 14.6. The lowest BCUT2D eigenvalue weighted by Gasteiger charge is -2.36. The van der Waals surface area contributed by atoms with Crippen LogP contribution in [-0.4, -0.2) is 36.8 Å². The number of likely N-dealkylation sites (tertiary alicyclic amines) is 1. The Morgan fingerprint density at radius 3 is 2.42 bits per heavy atom. The summed E-state index contributed by atoms with van der Waals surface area (Å²) in [5, 5.41) is 1.31. The Morgan fingerprint density at radius 2 is 1.82 bits per heavy atom. The zero-order chi connectivity index (χ0) is 23.5. The van der Waals surface area contributed by atoms with Crippen molar-refractivity contribution in [2.45, 2.75) is 44.6 Å². The maximum Gasteiger partial charge on any atom is 0.264 e. The van der Waals surface area contributed by atoms with Gasteiger partial charge < -0.3 is 4.74 Å². The van der Waals surface area contributed by atoms with E-state index in [1.165, 1.54) is 6.07 Å². The Labute approximate surface area is 209 Å². The molecule has 1 amide bonds. The topological polar surface area (TPSA) is 41.6 Å². The van der Waals surface area contributed by atoms with Crippen LogP contribution in [0.5, 0.6) is 5.75 Å². The van der Waals surface area contributed by atoms with Crippen molar-refractivity contribution in [3.05, 3.63) is 62.9 Å². The highest BCUT2D eigenvalue weighted by Gasteiger charge is 2.30. The molecule has 1 aliphatic carbocycles. The fraction of sp³-hybridized carbons (Fsp3) is 0.480. The molecule has 1 heterocycles. The Morgan fingerprint density at radius 1 is 1.15 bits per heavy atom. The van der Waals surface area contributed by atoms with Gasteiger partial charge in [0.15, 0.2) is 0 Å². The minimum atomic E-state index is -0.537. The number of hydrogen-bond donors (Lipinski definition) is 1. The van der Waals surface area contributed by atoms with Gasteiger partial charge in [-0.15, -0.1) is 0 Å². The summed E-state index contributed by atoms with van der Waals surface area (Å²) in [5.41, 5.74) is 2.16. The number of ether oxygens (including phenoxy) is 1. The number of hydrogen-bond acceptors (Lipinski definition) is 4. The molecule has 8 heteroatoms. The normalized spacial score (nSPS) is 18.2. The van der Waals surface area contributed by atoms with Crippen LogP contribution in [-0.2, 0) is 0 Å². The first-order valence-corrected chi connectivity index (χ1v) is 13.3. The molecule has 2 fully saturated rings. The maximum atomic E-state index is 14.6. The Hall–Kier alpha value is -1.47. The Balaban J connectivity index is 1.36.